The molecular formula is C10H13NO. The van der Waals surface area contributed by atoms with E-state index in [1.807, 2.05) is 13.0 Å². The lowest BCUT2D eigenvalue weighted by atomic mass is 9.97. The van der Waals surface area contributed by atoms with Gasteiger partial charge in [-0.2, -0.15) is 0 Å². The van der Waals surface area contributed by atoms with Crippen LogP contribution in [0.5, 0.6) is 0 Å². The maximum absolute atomic E-state index is 11.5. The minimum Gasteiger partial charge on any atom is -0.328 e. The summed E-state index contributed by atoms with van der Waals surface area (Å²) < 4.78 is 0. The van der Waals surface area contributed by atoms with Crippen LogP contribution in [-0.2, 0) is 4.79 Å². The van der Waals surface area contributed by atoms with Gasteiger partial charge >= 0.3 is 0 Å². The van der Waals surface area contributed by atoms with Crippen LogP contribution in [-0.4, -0.2) is 23.9 Å². The Morgan fingerprint density at radius 3 is 2.75 bits per heavy atom. The number of hydrogen-bond acceptors (Lipinski definition) is 1. The molecule has 0 spiro atoms. The Kier molecular flexibility index (Phi) is 2.54. The van der Waals surface area contributed by atoms with E-state index in [0.29, 0.717) is 0 Å². The summed E-state index contributed by atoms with van der Waals surface area (Å²) in [6, 6.07) is -0.112. The third kappa shape index (κ3) is 1.50. The Morgan fingerprint density at radius 1 is 1.83 bits per heavy atom. The molecule has 0 fully saturated rings. The van der Waals surface area contributed by atoms with Crippen LogP contribution in [0, 0.1) is 12.3 Å². The highest BCUT2D eigenvalue weighted by Crippen LogP contribution is 2.20. The van der Waals surface area contributed by atoms with Crippen molar-refractivity contribution in [2.24, 2.45) is 0 Å². The maximum atomic E-state index is 11.5. The molecule has 2 nitrogen and oxygen atoms in total. The fraction of sp³-hybridized carbons (Fsp3) is 0.500. The van der Waals surface area contributed by atoms with E-state index in [0.717, 1.165) is 18.4 Å². The molecule has 0 saturated heterocycles. The fourth-order valence-corrected chi connectivity index (χ4v) is 0.997. The zero-order valence-corrected chi connectivity index (χ0v) is 7.50. The van der Waals surface area contributed by atoms with Crippen molar-refractivity contribution in [3.05, 3.63) is 11.6 Å². The maximum Gasteiger partial charge on any atom is 0.250 e. The first kappa shape index (κ1) is 8.86. The number of carbonyl (C=O) groups is 1. The molecule has 12 heavy (non-hydrogen) atoms. The Morgan fingerprint density at radius 2 is 2.42 bits per heavy atom. The minimum absolute atomic E-state index is 0.0756. The molecule has 0 N–H and O–H groups in total. The largest absolute Gasteiger partial charge is 0.328 e. The van der Waals surface area contributed by atoms with E-state index < -0.39 is 0 Å². The molecule has 64 valence electrons. The SMILES string of the molecule is C#CC(C)N(C)C(=O)C1=CCC1. The lowest BCUT2D eigenvalue weighted by Crippen LogP contribution is -2.36. The van der Waals surface area contributed by atoms with Gasteiger partial charge in [0.05, 0.1) is 6.04 Å². The monoisotopic (exact) mass is 163 g/mol. The topological polar surface area (TPSA) is 20.3 Å². The number of amides is 1. The number of hydrogen-bond donors (Lipinski definition) is 0. The molecule has 1 atom stereocenters. The Labute approximate surface area is 73.2 Å². The molecule has 1 rings (SSSR count). The van der Waals surface area contributed by atoms with Gasteiger partial charge in [-0.1, -0.05) is 12.0 Å². The molecule has 0 saturated carbocycles. The predicted octanol–water partition coefficient (Wildman–Crippen LogP) is 1.19. The quantitative estimate of drug-likeness (QED) is 0.560. The van der Waals surface area contributed by atoms with Crippen LogP contribution in [0.2, 0.25) is 0 Å². The first-order valence-electron chi connectivity index (χ1n) is 4.09. The van der Waals surface area contributed by atoms with E-state index in [1.165, 1.54) is 0 Å². The van der Waals surface area contributed by atoms with Gasteiger partial charge in [-0.05, 0) is 19.8 Å². The highest BCUT2D eigenvalue weighted by molar-refractivity contribution is 5.94. The number of allylic oxidation sites excluding steroid dienone is 1. The van der Waals surface area contributed by atoms with E-state index in [-0.39, 0.29) is 11.9 Å². The number of terminal acetylenes is 1. The van der Waals surface area contributed by atoms with Crippen molar-refractivity contribution in [2.45, 2.75) is 25.8 Å². The van der Waals surface area contributed by atoms with Gasteiger partial charge in [0.25, 0.3) is 0 Å². The predicted molar refractivity (Wildman–Crippen MR) is 48.4 cm³/mol. The summed E-state index contributed by atoms with van der Waals surface area (Å²) in [6.45, 7) is 1.84. The first-order chi connectivity index (χ1) is 5.66. The summed E-state index contributed by atoms with van der Waals surface area (Å²) in [5.74, 6) is 2.60. The van der Waals surface area contributed by atoms with Gasteiger partial charge < -0.3 is 4.90 Å². The molecular weight excluding hydrogens is 150 g/mol. The van der Waals surface area contributed by atoms with E-state index in [1.54, 1.807) is 11.9 Å². The molecule has 0 radical (unpaired) electrons. The Hall–Kier alpha value is -1.23. The van der Waals surface area contributed by atoms with Crippen molar-refractivity contribution >= 4 is 5.91 Å². The van der Waals surface area contributed by atoms with Crippen LogP contribution in [0.15, 0.2) is 11.6 Å². The number of rotatable bonds is 2. The molecule has 2 heteroatoms. The van der Waals surface area contributed by atoms with Crippen molar-refractivity contribution in [3.8, 4) is 12.3 Å². The third-order valence-corrected chi connectivity index (χ3v) is 2.22. The highest BCUT2D eigenvalue weighted by atomic mass is 16.2. The van der Waals surface area contributed by atoms with E-state index in [2.05, 4.69) is 5.92 Å². The molecule has 0 aromatic rings. The summed E-state index contributed by atoms with van der Waals surface area (Å²) in [5.41, 5.74) is 0.902. The van der Waals surface area contributed by atoms with Gasteiger partial charge in [0.2, 0.25) is 5.91 Å². The van der Waals surface area contributed by atoms with E-state index in [4.69, 9.17) is 6.42 Å². The van der Waals surface area contributed by atoms with Crippen molar-refractivity contribution in [2.75, 3.05) is 7.05 Å². The number of likely N-dealkylation sites (N-methyl/N-ethyl adjacent to an activating group) is 1. The summed E-state index contributed by atoms with van der Waals surface area (Å²) >= 11 is 0. The van der Waals surface area contributed by atoms with Crippen molar-refractivity contribution in [1.29, 1.82) is 0 Å². The average Bonchev–Trinajstić information content (AvgIpc) is 1.98. The second-order valence-electron chi connectivity index (χ2n) is 3.03. The summed E-state index contributed by atoms with van der Waals surface area (Å²) in [4.78, 5) is 13.1. The lowest BCUT2D eigenvalue weighted by Gasteiger charge is -2.24. The number of nitrogens with zero attached hydrogens (tertiary/aromatic N) is 1. The van der Waals surface area contributed by atoms with Gasteiger partial charge in [0.15, 0.2) is 0 Å². The van der Waals surface area contributed by atoms with E-state index in [9.17, 15) is 4.79 Å². The summed E-state index contributed by atoms with van der Waals surface area (Å²) in [5, 5.41) is 0. The van der Waals surface area contributed by atoms with Gasteiger partial charge in [-0.3, -0.25) is 4.79 Å². The van der Waals surface area contributed by atoms with Crippen LogP contribution in [0.3, 0.4) is 0 Å². The Balaban J connectivity index is 2.59. The normalized spacial score (nSPS) is 16.9. The molecule has 0 aliphatic heterocycles. The van der Waals surface area contributed by atoms with Gasteiger partial charge in [-0.15, -0.1) is 6.42 Å². The Bertz CT molecular complexity index is 260. The highest BCUT2D eigenvalue weighted by Gasteiger charge is 2.20. The molecule has 1 unspecified atom stereocenters. The van der Waals surface area contributed by atoms with Crippen LogP contribution in [0.1, 0.15) is 19.8 Å². The summed E-state index contributed by atoms with van der Waals surface area (Å²) in [6.07, 6.45) is 9.10. The second kappa shape index (κ2) is 3.44. The van der Waals surface area contributed by atoms with Gasteiger partial charge in [0, 0.05) is 12.6 Å². The molecule has 0 aromatic carbocycles. The molecule has 0 aromatic heterocycles. The third-order valence-electron chi connectivity index (χ3n) is 2.22. The van der Waals surface area contributed by atoms with Crippen molar-refractivity contribution in [3.63, 3.8) is 0 Å². The van der Waals surface area contributed by atoms with Gasteiger partial charge in [-0.25, -0.2) is 0 Å². The van der Waals surface area contributed by atoms with Gasteiger partial charge in [0.1, 0.15) is 0 Å². The fourth-order valence-electron chi connectivity index (χ4n) is 0.997. The zero-order chi connectivity index (χ0) is 9.14. The average molecular weight is 163 g/mol. The molecule has 1 aliphatic carbocycles. The first-order valence-corrected chi connectivity index (χ1v) is 4.09. The smallest absolute Gasteiger partial charge is 0.250 e. The molecule has 1 amide bonds. The van der Waals surface area contributed by atoms with Crippen molar-refractivity contribution < 1.29 is 4.79 Å². The van der Waals surface area contributed by atoms with E-state index >= 15 is 0 Å². The zero-order valence-electron chi connectivity index (χ0n) is 7.50. The van der Waals surface area contributed by atoms with Crippen LogP contribution in [0.25, 0.3) is 0 Å². The molecule has 0 heterocycles. The second-order valence-corrected chi connectivity index (χ2v) is 3.03. The lowest BCUT2D eigenvalue weighted by molar-refractivity contribution is -0.127. The number of carbonyl (C=O) groups excluding carboxylic acids is 1. The minimum atomic E-state index is -0.112. The van der Waals surface area contributed by atoms with Crippen LogP contribution in [0.4, 0.5) is 0 Å². The van der Waals surface area contributed by atoms with Crippen LogP contribution >= 0.6 is 0 Å². The van der Waals surface area contributed by atoms with Crippen LogP contribution < -0.4 is 0 Å². The summed E-state index contributed by atoms with van der Waals surface area (Å²) in [7, 11) is 1.74. The van der Waals surface area contributed by atoms with Crippen molar-refractivity contribution in [1.82, 2.24) is 4.90 Å². The molecule has 1 aliphatic rings. The standard InChI is InChI=1S/C10H13NO/c1-4-8(2)11(3)10(12)9-6-5-7-9/h1,6,8H,5,7H2,2-3H3. The molecule has 0 bridgehead atoms.